The molecule has 0 aromatic heterocycles. The van der Waals surface area contributed by atoms with Crippen molar-refractivity contribution < 1.29 is 22.9 Å². The summed E-state index contributed by atoms with van der Waals surface area (Å²) in [5.74, 6) is -0.404. The Bertz CT molecular complexity index is 765. The number of amides is 1. The summed E-state index contributed by atoms with van der Waals surface area (Å²) in [6, 6.07) is 11.0. The number of hydrogen-bond donors (Lipinski definition) is 2. The van der Waals surface area contributed by atoms with E-state index < -0.39 is 16.3 Å². The Labute approximate surface area is 150 Å². The number of rotatable bonds is 7. The van der Waals surface area contributed by atoms with E-state index in [1.165, 1.54) is 36.4 Å². The van der Waals surface area contributed by atoms with Gasteiger partial charge in [-0.25, -0.2) is 0 Å². The summed E-state index contributed by atoms with van der Waals surface area (Å²) < 4.78 is 36.8. The molecule has 2 N–H and O–H groups in total. The normalized spacial score (nSPS) is 11.0. The molecular formula is C16H14F3N3O3S. The molecule has 0 atom stereocenters. The molecule has 0 fully saturated rings. The van der Waals surface area contributed by atoms with E-state index in [-0.39, 0.29) is 34.5 Å². The van der Waals surface area contributed by atoms with Crippen molar-refractivity contribution >= 4 is 29.0 Å². The first-order chi connectivity index (χ1) is 12.2. The molecule has 2 rings (SSSR count). The summed E-state index contributed by atoms with van der Waals surface area (Å²) in [7, 11) is 0. The quantitative estimate of drug-likeness (QED) is 0.325. The van der Waals surface area contributed by atoms with Gasteiger partial charge in [-0.3, -0.25) is 14.9 Å². The number of carbonyl (C=O) groups is 1. The molecular weight excluding hydrogens is 371 g/mol. The van der Waals surface area contributed by atoms with Gasteiger partial charge in [0, 0.05) is 41.4 Å². The first-order valence-corrected chi connectivity index (χ1v) is 8.18. The number of halogens is 3. The highest BCUT2D eigenvalue weighted by molar-refractivity contribution is 8.00. The summed E-state index contributed by atoms with van der Waals surface area (Å²) in [5, 5.41) is 16.2. The molecule has 6 nitrogen and oxygen atoms in total. The van der Waals surface area contributed by atoms with Crippen LogP contribution in [0, 0.1) is 10.1 Å². The van der Waals surface area contributed by atoms with E-state index in [2.05, 4.69) is 10.6 Å². The molecule has 2 aromatic carbocycles. The van der Waals surface area contributed by atoms with E-state index in [0.29, 0.717) is 12.2 Å². The Balaban J connectivity index is 1.77. The van der Waals surface area contributed by atoms with Crippen LogP contribution in [0.3, 0.4) is 0 Å². The standard InChI is InChI=1S/C16H14F3N3O3S/c17-16(18,19)26-14-7-1-11(2-8-14)15(23)21-10-9-20-12-3-5-13(6-4-12)22(24)25/h1-8,20H,9-10H2,(H,21,23). The number of nitro benzene ring substituents is 1. The number of alkyl halides is 3. The second kappa shape index (κ2) is 8.56. The van der Waals surface area contributed by atoms with Crippen molar-refractivity contribution in [3.63, 3.8) is 0 Å². The molecule has 10 heteroatoms. The number of non-ortho nitro benzene ring substituents is 1. The summed E-state index contributed by atoms with van der Waals surface area (Å²) in [4.78, 5) is 22.0. The Kier molecular flexibility index (Phi) is 6.45. The zero-order chi connectivity index (χ0) is 19.2. The van der Waals surface area contributed by atoms with Gasteiger partial charge in [-0.05, 0) is 48.2 Å². The molecule has 0 spiro atoms. The maximum absolute atomic E-state index is 12.3. The van der Waals surface area contributed by atoms with Crippen LogP contribution in [0.4, 0.5) is 24.5 Å². The van der Waals surface area contributed by atoms with Gasteiger partial charge >= 0.3 is 5.51 Å². The molecule has 0 saturated heterocycles. The predicted octanol–water partition coefficient (Wildman–Crippen LogP) is 4.05. The van der Waals surface area contributed by atoms with Gasteiger partial charge in [-0.1, -0.05) is 0 Å². The van der Waals surface area contributed by atoms with Gasteiger partial charge in [0.2, 0.25) is 0 Å². The van der Waals surface area contributed by atoms with Gasteiger partial charge in [-0.2, -0.15) is 13.2 Å². The van der Waals surface area contributed by atoms with Crippen LogP contribution in [0.1, 0.15) is 10.4 Å². The molecule has 0 unspecified atom stereocenters. The maximum Gasteiger partial charge on any atom is 0.446 e. The average molecular weight is 385 g/mol. The number of benzene rings is 2. The summed E-state index contributed by atoms with van der Waals surface area (Å²) in [6.45, 7) is 0.653. The smallest absolute Gasteiger partial charge is 0.383 e. The van der Waals surface area contributed by atoms with E-state index in [0.717, 1.165) is 0 Å². The Morgan fingerprint density at radius 1 is 1.04 bits per heavy atom. The van der Waals surface area contributed by atoms with Crippen molar-refractivity contribution in [2.24, 2.45) is 0 Å². The van der Waals surface area contributed by atoms with Crippen molar-refractivity contribution in [3.8, 4) is 0 Å². The topological polar surface area (TPSA) is 84.3 Å². The SMILES string of the molecule is O=C(NCCNc1ccc([N+](=O)[O-])cc1)c1ccc(SC(F)(F)F)cc1. The van der Waals surface area contributed by atoms with Gasteiger partial charge in [0.05, 0.1) is 4.92 Å². The van der Waals surface area contributed by atoms with Crippen LogP contribution in [-0.4, -0.2) is 29.4 Å². The van der Waals surface area contributed by atoms with Crippen LogP contribution >= 0.6 is 11.8 Å². The summed E-state index contributed by atoms with van der Waals surface area (Å²) in [6.07, 6.45) is 0. The lowest BCUT2D eigenvalue weighted by Gasteiger charge is -2.09. The molecule has 0 heterocycles. The van der Waals surface area contributed by atoms with E-state index in [4.69, 9.17) is 0 Å². The van der Waals surface area contributed by atoms with E-state index >= 15 is 0 Å². The molecule has 0 radical (unpaired) electrons. The highest BCUT2D eigenvalue weighted by Gasteiger charge is 2.29. The highest BCUT2D eigenvalue weighted by Crippen LogP contribution is 2.36. The van der Waals surface area contributed by atoms with Gasteiger partial charge in [0.25, 0.3) is 11.6 Å². The maximum atomic E-state index is 12.3. The monoisotopic (exact) mass is 385 g/mol. The van der Waals surface area contributed by atoms with E-state index in [1.807, 2.05) is 0 Å². The molecule has 1 amide bonds. The molecule has 0 bridgehead atoms. The third kappa shape index (κ3) is 6.28. The molecule has 0 aliphatic carbocycles. The van der Waals surface area contributed by atoms with Gasteiger partial charge < -0.3 is 10.6 Å². The predicted molar refractivity (Wildman–Crippen MR) is 92.3 cm³/mol. The molecule has 2 aromatic rings. The second-order valence-electron chi connectivity index (χ2n) is 5.06. The van der Waals surface area contributed by atoms with Crippen LogP contribution in [0.25, 0.3) is 0 Å². The van der Waals surface area contributed by atoms with Crippen molar-refractivity contribution in [1.82, 2.24) is 5.32 Å². The van der Waals surface area contributed by atoms with Crippen molar-refractivity contribution in [1.29, 1.82) is 0 Å². The Hall–Kier alpha value is -2.75. The number of anilines is 1. The van der Waals surface area contributed by atoms with E-state index in [1.54, 1.807) is 12.1 Å². The fourth-order valence-corrected chi connectivity index (χ4v) is 2.53. The zero-order valence-electron chi connectivity index (χ0n) is 13.2. The Morgan fingerprint density at radius 2 is 1.65 bits per heavy atom. The van der Waals surface area contributed by atoms with Crippen molar-refractivity contribution in [3.05, 3.63) is 64.2 Å². The fraction of sp³-hybridized carbons (Fsp3) is 0.188. The van der Waals surface area contributed by atoms with Crippen LogP contribution < -0.4 is 10.6 Å². The third-order valence-electron chi connectivity index (χ3n) is 3.17. The molecule has 26 heavy (non-hydrogen) atoms. The highest BCUT2D eigenvalue weighted by atomic mass is 32.2. The first kappa shape index (κ1) is 19.6. The molecule has 0 aliphatic rings. The molecule has 138 valence electrons. The lowest BCUT2D eigenvalue weighted by Crippen LogP contribution is -2.28. The fourth-order valence-electron chi connectivity index (χ4n) is 1.99. The van der Waals surface area contributed by atoms with Gasteiger partial charge in [-0.15, -0.1) is 0 Å². The minimum Gasteiger partial charge on any atom is -0.383 e. The Morgan fingerprint density at radius 3 is 2.19 bits per heavy atom. The zero-order valence-corrected chi connectivity index (χ0v) is 14.1. The van der Waals surface area contributed by atoms with E-state index in [9.17, 15) is 28.1 Å². The largest absolute Gasteiger partial charge is 0.446 e. The van der Waals surface area contributed by atoms with Crippen molar-refractivity contribution in [2.75, 3.05) is 18.4 Å². The van der Waals surface area contributed by atoms with Crippen LogP contribution in [-0.2, 0) is 0 Å². The number of hydrogen-bond acceptors (Lipinski definition) is 5. The number of nitro groups is 1. The molecule has 0 aliphatic heterocycles. The number of thioether (sulfide) groups is 1. The number of nitrogens with zero attached hydrogens (tertiary/aromatic N) is 1. The van der Waals surface area contributed by atoms with Crippen LogP contribution in [0.15, 0.2) is 53.4 Å². The lowest BCUT2D eigenvalue weighted by atomic mass is 10.2. The molecule has 0 saturated carbocycles. The van der Waals surface area contributed by atoms with Gasteiger partial charge in [0.1, 0.15) is 0 Å². The first-order valence-electron chi connectivity index (χ1n) is 7.37. The lowest BCUT2D eigenvalue weighted by molar-refractivity contribution is -0.384. The van der Waals surface area contributed by atoms with Crippen LogP contribution in [0.2, 0.25) is 0 Å². The van der Waals surface area contributed by atoms with Crippen LogP contribution in [0.5, 0.6) is 0 Å². The van der Waals surface area contributed by atoms with Crippen molar-refractivity contribution in [2.45, 2.75) is 10.4 Å². The second-order valence-corrected chi connectivity index (χ2v) is 6.20. The number of nitrogens with one attached hydrogen (secondary N) is 2. The summed E-state index contributed by atoms with van der Waals surface area (Å²) in [5.41, 5.74) is -3.46. The number of carbonyl (C=O) groups excluding carboxylic acids is 1. The minimum atomic E-state index is -4.37. The minimum absolute atomic E-state index is 0.00823. The third-order valence-corrected chi connectivity index (χ3v) is 3.91. The summed E-state index contributed by atoms with van der Waals surface area (Å²) >= 11 is -0.241. The average Bonchev–Trinajstić information content (AvgIpc) is 2.58. The van der Waals surface area contributed by atoms with Gasteiger partial charge in [0.15, 0.2) is 0 Å².